The summed E-state index contributed by atoms with van der Waals surface area (Å²) < 4.78 is 1.56. The number of benzene rings is 2. The summed E-state index contributed by atoms with van der Waals surface area (Å²) in [7, 11) is 0. The zero-order chi connectivity index (χ0) is 16.4. The molecule has 0 aliphatic carbocycles. The number of amides is 1. The van der Waals surface area contributed by atoms with Gasteiger partial charge in [0.25, 0.3) is 0 Å². The third-order valence-electron chi connectivity index (χ3n) is 3.64. The van der Waals surface area contributed by atoms with Crippen LogP contribution < -0.4 is 5.32 Å². The summed E-state index contributed by atoms with van der Waals surface area (Å²) in [6, 6.07) is 13.1. The van der Waals surface area contributed by atoms with Gasteiger partial charge in [-0.05, 0) is 40.3 Å². The van der Waals surface area contributed by atoms with E-state index in [4.69, 9.17) is 0 Å². The number of hydrogen-bond donors (Lipinski definition) is 2. The van der Waals surface area contributed by atoms with E-state index in [2.05, 4.69) is 30.8 Å². The van der Waals surface area contributed by atoms with Crippen LogP contribution in [-0.2, 0) is 11.2 Å². The Kier molecular flexibility index (Phi) is 3.47. The molecule has 0 spiro atoms. The maximum atomic E-state index is 12.3. The Morgan fingerprint density at radius 1 is 1.17 bits per heavy atom. The topological polar surface area (TPSA) is 101 Å². The molecule has 24 heavy (non-hydrogen) atoms. The number of carbonyl (C=O) groups is 1. The van der Waals surface area contributed by atoms with Gasteiger partial charge in [-0.2, -0.15) is 0 Å². The molecule has 2 aromatic carbocycles. The minimum atomic E-state index is -0.0966. The highest BCUT2D eigenvalue weighted by molar-refractivity contribution is 6.00. The van der Waals surface area contributed by atoms with E-state index >= 15 is 0 Å². The van der Waals surface area contributed by atoms with E-state index in [1.807, 2.05) is 42.5 Å². The van der Waals surface area contributed by atoms with Crippen LogP contribution in [0.3, 0.4) is 0 Å². The highest BCUT2D eigenvalue weighted by Crippen LogP contribution is 2.20. The van der Waals surface area contributed by atoms with Crippen LogP contribution in [0.25, 0.3) is 16.7 Å². The van der Waals surface area contributed by atoms with Crippen molar-refractivity contribution in [3.63, 3.8) is 0 Å². The van der Waals surface area contributed by atoms with E-state index < -0.39 is 0 Å². The molecule has 2 N–H and O–H groups in total. The van der Waals surface area contributed by atoms with Crippen LogP contribution in [0, 0.1) is 0 Å². The van der Waals surface area contributed by atoms with Crippen LogP contribution in [0.5, 0.6) is 0 Å². The molecule has 8 nitrogen and oxygen atoms in total. The van der Waals surface area contributed by atoms with Gasteiger partial charge in [-0.3, -0.25) is 4.79 Å². The molecule has 0 aliphatic rings. The van der Waals surface area contributed by atoms with Gasteiger partial charge in [-0.25, -0.2) is 9.67 Å². The second-order valence-electron chi connectivity index (χ2n) is 5.25. The molecule has 0 radical (unpaired) electrons. The van der Waals surface area contributed by atoms with Crippen LogP contribution in [0.4, 0.5) is 5.69 Å². The predicted molar refractivity (Wildman–Crippen MR) is 87.6 cm³/mol. The van der Waals surface area contributed by atoms with E-state index in [9.17, 15) is 4.79 Å². The highest BCUT2D eigenvalue weighted by Gasteiger charge is 2.08. The number of carbonyl (C=O) groups excluding carboxylic acids is 1. The first-order valence-electron chi connectivity index (χ1n) is 7.34. The number of H-pyrrole nitrogens is 1. The largest absolute Gasteiger partial charge is 0.345 e. The van der Waals surface area contributed by atoms with Gasteiger partial charge in [0.1, 0.15) is 11.8 Å². The molecular weight excluding hydrogens is 306 g/mol. The normalized spacial score (nSPS) is 10.8. The summed E-state index contributed by atoms with van der Waals surface area (Å²) in [4.78, 5) is 19.5. The van der Waals surface area contributed by atoms with Crippen LogP contribution in [0.15, 0.2) is 55.1 Å². The van der Waals surface area contributed by atoms with Gasteiger partial charge in [0, 0.05) is 0 Å². The van der Waals surface area contributed by atoms with Gasteiger partial charge in [-0.1, -0.05) is 18.2 Å². The van der Waals surface area contributed by atoms with E-state index in [1.165, 1.54) is 6.33 Å². The summed E-state index contributed by atoms with van der Waals surface area (Å²) in [5, 5.41) is 13.9. The van der Waals surface area contributed by atoms with Crippen molar-refractivity contribution in [1.29, 1.82) is 0 Å². The highest BCUT2D eigenvalue weighted by atomic mass is 16.1. The fourth-order valence-electron chi connectivity index (χ4n) is 2.49. The number of rotatable bonds is 4. The summed E-state index contributed by atoms with van der Waals surface area (Å²) >= 11 is 0. The minimum Gasteiger partial charge on any atom is -0.345 e. The maximum absolute atomic E-state index is 12.3. The van der Waals surface area contributed by atoms with Crippen molar-refractivity contribution in [3.8, 4) is 5.69 Å². The molecule has 0 unspecified atom stereocenters. The Morgan fingerprint density at radius 3 is 2.83 bits per heavy atom. The lowest BCUT2D eigenvalue weighted by atomic mass is 10.1. The van der Waals surface area contributed by atoms with Crippen LogP contribution in [0.1, 0.15) is 5.56 Å². The van der Waals surface area contributed by atoms with E-state index in [-0.39, 0.29) is 12.3 Å². The zero-order valence-corrected chi connectivity index (χ0v) is 12.5. The third-order valence-corrected chi connectivity index (χ3v) is 3.64. The number of nitrogens with zero attached hydrogens (tertiary/aromatic N) is 5. The maximum Gasteiger partial charge on any atom is 0.228 e. The van der Waals surface area contributed by atoms with Crippen molar-refractivity contribution in [3.05, 3.63) is 60.7 Å². The third kappa shape index (κ3) is 2.72. The summed E-state index contributed by atoms with van der Waals surface area (Å²) in [5.74, 6) is -0.0966. The second kappa shape index (κ2) is 5.92. The lowest BCUT2D eigenvalue weighted by Crippen LogP contribution is -2.14. The van der Waals surface area contributed by atoms with Gasteiger partial charge >= 0.3 is 0 Å². The first kappa shape index (κ1) is 14.1. The molecule has 0 aliphatic heterocycles. The monoisotopic (exact) mass is 319 g/mol. The fourth-order valence-corrected chi connectivity index (χ4v) is 2.49. The number of nitrogens with one attached hydrogen (secondary N) is 2. The van der Waals surface area contributed by atoms with Crippen molar-refractivity contribution < 1.29 is 4.79 Å². The molecule has 118 valence electrons. The van der Waals surface area contributed by atoms with Crippen LogP contribution in [-0.4, -0.2) is 36.1 Å². The van der Waals surface area contributed by atoms with Crippen molar-refractivity contribution in [1.82, 2.24) is 30.2 Å². The molecule has 0 saturated carbocycles. The Bertz CT molecular complexity index is 973. The van der Waals surface area contributed by atoms with Crippen molar-refractivity contribution in [2.24, 2.45) is 0 Å². The Hall–Kier alpha value is -3.55. The number of hydrogen-bond acceptors (Lipinski definition) is 5. The lowest BCUT2D eigenvalue weighted by Gasteiger charge is -2.07. The van der Waals surface area contributed by atoms with Gasteiger partial charge in [0.2, 0.25) is 5.91 Å². The summed E-state index contributed by atoms with van der Waals surface area (Å²) in [6.07, 6.45) is 3.40. The van der Waals surface area contributed by atoms with Crippen LogP contribution in [0.2, 0.25) is 0 Å². The average Bonchev–Trinajstić information content (AvgIpc) is 3.27. The lowest BCUT2D eigenvalue weighted by molar-refractivity contribution is -0.115. The zero-order valence-electron chi connectivity index (χ0n) is 12.5. The first-order valence-corrected chi connectivity index (χ1v) is 7.34. The van der Waals surface area contributed by atoms with Crippen LogP contribution >= 0.6 is 0 Å². The predicted octanol–water partition coefficient (Wildman–Crippen LogP) is 1.72. The van der Waals surface area contributed by atoms with E-state index in [0.717, 1.165) is 22.3 Å². The SMILES string of the molecule is O=C(Cc1ccc(-n2cnnn2)cc1)Nc1cccc2[nH]cnc12. The Morgan fingerprint density at radius 2 is 2.04 bits per heavy atom. The molecule has 0 atom stereocenters. The molecule has 1 amide bonds. The minimum absolute atomic E-state index is 0.0966. The number of imidazole rings is 1. The number of para-hydroxylation sites is 1. The van der Waals surface area contributed by atoms with Gasteiger partial charge in [-0.15, -0.1) is 5.10 Å². The van der Waals surface area contributed by atoms with Gasteiger partial charge in [0.05, 0.1) is 29.6 Å². The molecule has 2 heterocycles. The summed E-state index contributed by atoms with van der Waals surface area (Å²) in [5.41, 5.74) is 4.08. The molecule has 4 rings (SSSR count). The van der Waals surface area contributed by atoms with E-state index in [0.29, 0.717) is 5.69 Å². The number of anilines is 1. The van der Waals surface area contributed by atoms with Gasteiger partial charge < -0.3 is 10.3 Å². The van der Waals surface area contributed by atoms with E-state index in [1.54, 1.807) is 11.0 Å². The molecule has 0 saturated heterocycles. The molecule has 4 aromatic rings. The molecule has 0 fully saturated rings. The van der Waals surface area contributed by atoms with Crippen molar-refractivity contribution in [2.45, 2.75) is 6.42 Å². The quantitative estimate of drug-likeness (QED) is 0.596. The molecule has 2 aromatic heterocycles. The second-order valence-corrected chi connectivity index (χ2v) is 5.25. The Labute approximate surface area is 136 Å². The summed E-state index contributed by atoms with van der Waals surface area (Å²) in [6.45, 7) is 0. The number of fused-ring (bicyclic) bond motifs is 1. The number of aromatic nitrogens is 6. The number of tetrazole rings is 1. The molecule has 8 heteroatoms. The standard InChI is InChI=1S/C16H13N7O/c24-15(20-14-3-1-2-13-16(14)18-9-17-13)8-11-4-6-12(7-5-11)23-10-19-21-22-23/h1-7,9-10H,8H2,(H,17,18)(H,20,24). The average molecular weight is 319 g/mol. The van der Waals surface area contributed by atoms with Gasteiger partial charge in [0.15, 0.2) is 0 Å². The molecular formula is C16H13N7O. The smallest absolute Gasteiger partial charge is 0.228 e. The first-order chi connectivity index (χ1) is 11.8. The fraction of sp³-hybridized carbons (Fsp3) is 0.0625. The van der Waals surface area contributed by atoms with Crippen molar-refractivity contribution >= 4 is 22.6 Å². The van der Waals surface area contributed by atoms with Crippen molar-refractivity contribution in [2.75, 3.05) is 5.32 Å². The number of aromatic amines is 1. The Balaban J connectivity index is 1.47. The molecule has 0 bridgehead atoms.